The summed E-state index contributed by atoms with van der Waals surface area (Å²) in [5.41, 5.74) is 12.8. The third-order valence-corrected chi connectivity index (χ3v) is 9.77. The molecule has 2 heterocycles. The second kappa shape index (κ2) is 22.8. The maximum absolute atomic E-state index is 14.2. The van der Waals surface area contributed by atoms with Gasteiger partial charge in [0, 0.05) is 19.1 Å². The van der Waals surface area contributed by atoms with Gasteiger partial charge >= 0.3 is 18.1 Å². The summed E-state index contributed by atoms with van der Waals surface area (Å²) in [5, 5.41) is 27.5. The number of amides is 5. The van der Waals surface area contributed by atoms with E-state index in [1.807, 2.05) is 74.5 Å². The predicted molar refractivity (Wildman–Crippen MR) is 212 cm³/mol. The molecule has 328 valence electrons. The van der Waals surface area contributed by atoms with Crippen molar-refractivity contribution in [2.45, 2.75) is 102 Å². The van der Waals surface area contributed by atoms with Gasteiger partial charge in [0.1, 0.15) is 24.2 Å². The van der Waals surface area contributed by atoms with Crippen LogP contribution < -0.4 is 32.7 Å². The zero-order valence-corrected chi connectivity index (χ0v) is 33.3. The van der Waals surface area contributed by atoms with Crippen molar-refractivity contribution in [1.29, 1.82) is 0 Å². The molecule has 0 aliphatic carbocycles. The average Bonchev–Trinajstić information content (AvgIpc) is 3.54. The third-order valence-electron chi connectivity index (χ3n) is 9.77. The lowest BCUT2D eigenvalue weighted by Gasteiger charge is -2.39. The highest BCUT2D eigenvalue weighted by Gasteiger charge is 2.51. The summed E-state index contributed by atoms with van der Waals surface area (Å²) in [7, 11) is 0. The predicted octanol–water partition coefficient (Wildman–Crippen LogP) is 1.24. The van der Waals surface area contributed by atoms with Crippen LogP contribution in [-0.4, -0.2) is 112 Å². The van der Waals surface area contributed by atoms with E-state index in [-0.39, 0.29) is 68.0 Å². The third kappa shape index (κ3) is 15.5. The van der Waals surface area contributed by atoms with E-state index in [2.05, 4.69) is 26.3 Å². The van der Waals surface area contributed by atoms with Crippen molar-refractivity contribution in [3.05, 3.63) is 71.8 Å². The van der Waals surface area contributed by atoms with Crippen molar-refractivity contribution < 1.29 is 56.9 Å². The van der Waals surface area contributed by atoms with Crippen LogP contribution in [0.2, 0.25) is 0 Å². The van der Waals surface area contributed by atoms with Crippen molar-refractivity contribution in [2.24, 2.45) is 28.3 Å². The molecule has 5 amide bonds. The number of hydrogen-bond donors (Lipinski definition) is 8. The van der Waals surface area contributed by atoms with E-state index in [0.717, 1.165) is 11.1 Å². The number of nitrogens with one attached hydrogen (secondary N) is 4. The molecule has 2 aromatic carbocycles. The number of benzene rings is 2. The summed E-state index contributed by atoms with van der Waals surface area (Å²) in [6, 6.07) is 14.3. The van der Waals surface area contributed by atoms with Crippen molar-refractivity contribution >= 4 is 47.4 Å². The van der Waals surface area contributed by atoms with Crippen molar-refractivity contribution in [3.8, 4) is 0 Å². The summed E-state index contributed by atoms with van der Waals surface area (Å²) in [6.07, 6.45) is -3.41. The number of carboxylic acid groups (broad SMARTS) is 2. The van der Waals surface area contributed by atoms with E-state index in [1.54, 1.807) is 4.90 Å². The van der Waals surface area contributed by atoms with Gasteiger partial charge in [-0.25, -0.2) is 4.79 Å². The van der Waals surface area contributed by atoms with Crippen LogP contribution >= 0.6 is 0 Å². The van der Waals surface area contributed by atoms with Crippen LogP contribution in [-0.2, 0) is 46.4 Å². The number of aliphatic imine (C=N–C) groups is 1. The van der Waals surface area contributed by atoms with E-state index < -0.39 is 66.4 Å². The van der Waals surface area contributed by atoms with Crippen molar-refractivity contribution in [3.63, 3.8) is 0 Å². The molecule has 4 rings (SSSR count). The number of halogens is 3. The minimum Gasteiger partial charge on any atom is -0.481 e. The van der Waals surface area contributed by atoms with Gasteiger partial charge in [0.2, 0.25) is 29.5 Å². The topological polar surface area (TPSA) is 276 Å². The molecule has 2 saturated heterocycles. The van der Waals surface area contributed by atoms with Crippen LogP contribution in [0.5, 0.6) is 0 Å². The molecule has 60 heavy (non-hydrogen) atoms. The fourth-order valence-electron chi connectivity index (χ4n) is 7.00. The van der Waals surface area contributed by atoms with Gasteiger partial charge in [-0.2, -0.15) is 13.2 Å². The maximum atomic E-state index is 14.2. The highest BCUT2D eigenvalue weighted by atomic mass is 19.4. The second-order valence-electron chi connectivity index (χ2n) is 15.0. The van der Waals surface area contributed by atoms with E-state index in [0.29, 0.717) is 25.7 Å². The van der Waals surface area contributed by atoms with Gasteiger partial charge in [-0.15, -0.1) is 0 Å². The molecule has 20 heteroatoms. The molecule has 0 spiro atoms. The summed E-state index contributed by atoms with van der Waals surface area (Å²) in [6.45, 7) is 4.17. The van der Waals surface area contributed by atoms with E-state index >= 15 is 0 Å². The number of nitrogens with two attached hydrogens (primary N) is 2. The number of hydrogen-bond acceptors (Lipinski definition) is 8. The monoisotopic (exact) mass is 846 g/mol. The fraction of sp³-hybridized carbons (Fsp3) is 0.500. The Bertz CT molecular complexity index is 1830. The summed E-state index contributed by atoms with van der Waals surface area (Å²) < 4.78 is 31.7. The molecule has 2 fully saturated rings. The zero-order chi connectivity index (χ0) is 44.6. The van der Waals surface area contributed by atoms with Gasteiger partial charge in [-0.1, -0.05) is 74.5 Å². The number of fused-ring (bicyclic) bond motifs is 1. The van der Waals surface area contributed by atoms with E-state index in [1.165, 1.54) is 0 Å². The van der Waals surface area contributed by atoms with Crippen LogP contribution in [0.25, 0.3) is 0 Å². The van der Waals surface area contributed by atoms with Gasteiger partial charge in [-0.05, 0) is 61.5 Å². The highest BCUT2D eigenvalue weighted by Crippen LogP contribution is 2.39. The number of piperidine rings is 1. The quantitative estimate of drug-likeness (QED) is 0.0601. The molecule has 0 aromatic heterocycles. The molecule has 6 atom stereocenters. The standard InChI is InChI=1S/C38H52N8O7.C2HF3O2/c1-23(2)22-42-34(50)29(21-33(48)49)45-35(51)27(14-9-17-41-38(39)40)44-36(52)31-20-26(18-24-10-5-3-6-11-24)30-16-15-28(37(53)46(30)31)43-32(47)19-25-12-7-4-8-13-25;3-2(4,5)1(6)7/h3-8,10-13,23,26-31H,9,14-22H2,1-2H3,(H,42,50)(H,43,47)(H,44,52)(H,45,51)(H,48,49)(H4,39,40,41);(H,6,7)/t26?,27?,28?,29-,30?,31-;/m0./s1. The Kier molecular flexibility index (Phi) is 18.3. The Hall–Kier alpha value is -6.21. The summed E-state index contributed by atoms with van der Waals surface area (Å²) in [4.78, 5) is 94.1. The molecule has 2 aromatic rings. The lowest BCUT2D eigenvalue weighted by atomic mass is 9.86. The van der Waals surface area contributed by atoms with Crippen LogP contribution in [0.4, 0.5) is 13.2 Å². The zero-order valence-electron chi connectivity index (χ0n) is 33.3. The van der Waals surface area contributed by atoms with Crippen LogP contribution in [0.3, 0.4) is 0 Å². The number of carbonyl (C=O) groups excluding carboxylic acids is 5. The number of aliphatic carboxylic acids is 2. The maximum Gasteiger partial charge on any atom is 0.490 e. The minimum atomic E-state index is -5.08. The van der Waals surface area contributed by atoms with Crippen LogP contribution in [0.1, 0.15) is 63.5 Å². The molecular weight excluding hydrogens is 793 g/mol. The van der Waals surface area contributed by atoms with Gasteiger partial charge in [-0.3, -0.25) is 33.8 Å². The molecule has 0 saturated carbocycles. The normalized spacial score (nSPS) is 19.4. The molecule has 0 radical (unpaired) electrons. The molecule has 2 aliphatic rings. The summed E-state index contributed by atoms with van der Waals surface area (Å²) in [5.74, 6) is -6.86. The Labute approximate surface area is 344 Å². The number of rotatable bonds is 18. The number of alkyl halides is 3. The fourth-order valence-corrected chi connectivity index (χ4v) is 7.00. The van der Waals surface area contributed by atoms with Crippen LogP contribution in [0, 0.1) is 11.8 Å². The lowest BCUT2D eigenvalue weighted by Crippen LogP contribution is -2.61. The molecule has 2 aliphatic heterocycles. The smallest absolute Gasteiger partial charge is 0.481 e. The molecule has 4 unspecified atom stereocenters. The SMILES string of the molecule is CC(C)CNC(=O)[C@H](CC(=O)O)NC(=O)C(CCCN=C(N)N)NC(=O)[C@@H]1CC(Cc2ccccc2)C2CCC(NC(=O)Cc3ccccc3)C(=O)N21.O=C(O)C(F)(F)F. The second-order valence-corrected chi connectivity index (χ2v) is 15.0. The number of nitrogens with zero attached hydrogens (tertiary/aromatic N) is 2. The Morgan fingerprint density at radius 3 is 2.03 bits per heavy atom. The first kappa shape index (κ1) is 48.2. The molecule has 10 N–H and O–H groups in total. The molecule has 0 bridgehead atoms. The number of carboxylic acids is 2. The highest BCUT2D eigenvalue weighted by molar-refractivity contribution is 5.97. The average molecular weight is 847 g/mol. The minimum absolute atomic E-state index is 0.0530. The Morgan fingerprint density at radius 1 is 0.883 bits per heavy atom. The largest absolute Gasteiger partial charge is 0.490 e. The van der Waals surface area contributed by atoms with Crippen LogP contribution in [0.15, 0.2) is 65.7 Å². The Morgan fingerprint density at radius 2 is 1.48 bits per heavy atom. The van der Waals surface area contributed by atoms with Gasteiger partial charge < -0.3 is 47.8 Å². The van der Waals surface area contributed by atoms with Gasteiger partial charge in [0.05, 0.1) is 12.8 Å². The van der Waals surface area contributed by atoms with Gasteiger partial charge in [0.15, 0.2) is 5.96 Å². The van der Waals surface area contributed by atoms with E-state index in [4.69, 9.17) is 21.4 Å². The number of carbonyl (C=O) groups is 7. The van der Waals surface area contributed by atoms with Crippen molar-refractivity contribution in [2.75, 3.05) is 13.1 Å². The summed E-state index contributed by atoms with van der Waals surface area (Å²) >= 11 is 0. The molecular formula is C40H53F3N8O9. The number of guanidine groups is 1. The first-order chi connectivity index (χ1) is 28.3. The van der Waals surface area contributed by atoms with E-state index in [9.17, 15) is 47.0 Å². The first-order valence-electron chi connectivity index (χ1n) is 19.4. The van der Waals surface area contributed by atoms with Gasteiger partial charge in [0.25, 0.3) is 0 Å². The Balaban J connectivity index is 0.00000126. The molecule has 17 nitrogen and oxygen atoms in total. The van der Waals surface area contributed by atoms with Crippen molar-refractivity contribution in [1.82, 2.24) is 26.2 Å². The first-order valence-corrected chi connectivity index (χ1v) is 19.4. The lowest BCUT2D eigenvalue weighted by molar-refractivity contribution is -0.192.